The molecule has 2 rings (SSSR count). The van der Waals surface area contributed by atoms with Crippen LogP contribution in [0.25, 0.3) is 11.0 Å². The van der Waals surface area contributed by atoms with Gasteiger partial charge in [-0.2, -0.15) is 0 Å². The van der Waals surface area contributed by atoms with Crippen LogP contribution in [0.4, 0.5) is 0 Å². The van der Waals surface area contributed by atoms with Crippen molar-refractivity contribution in [2.75, 3.05) is 0 Å². The molecule has 1 aromatic carbocycles. The monoisotopic (exact) mass is 205 g/mol. The number of benzene rings is 1. The zero-order valence-corrected chi connectivity index (χ0v) is 7.52. The highest BCUT2D eigenvalue weighted by Gasteiger charge is 2.03. The molecule has 3 N–H and O–H groups in total. The second kappa shape index (κ2) is 4.30. The third-order valence-electron chi connectivity index (χ3n) is 1.42. The second-order valence-corrected chi connectivity index (χ2v) is 2.49. The zero-order valence-electron chi connectivity index (χ0n) is 6.01. The topological polar surface area (TPSA) is 59.9 Å². The average Bonchev–Trinajstić information content (AvgIpc) is 2.27. The molecule has 0 atom stereocenters. The summed E-state index contributed by atoms with van der Waals surface area (Å²) in [5.41, 5.74) is 2.07. The van der Waals surface area contributed by atoms with Crippen LogP contribution in [0.5, 0.6) is 0 Å². The molecule has 0 aliphatic heterocycles. The summed E-state index contributed by atoms with van der Waals surface area (Å²) < 4.78 is 0. The van der Waals surface area contributed by atoms with Crippen LogP contribution in [0.3, 0.4) is 0 Å². The van der Waals surface area contributed by atoms with E-state index in [2.05, 4.69) is 9.97 Å². The van der Waals surface area contributed by atoms with Gasteiger partial charge in [0, 0.05) is 11.6 Å². The van der Waals surface area contributed by atoms with Gasteiger partial charge >= 0.3 is 5.28 Å². The number of aromatic nitrogens is 2. The van der Waals surface area contributed by atoms with Crippen LogP contribution in [-0.2, 0) is 0 Å². The van der Waals surface area contributed by atoms with E-state index in [-0.39, 0.29) is 17.9 Å². The molecule has 0 radical (unpaired) electrons. The number of para-hydroxylation sites is 2. The van der Waals surface area contributed by atoms with E-state index < -0.39 is 0 Å². The van der Waals surface area contributed by atoms with Gasteiger partial charge in [-0.05, 0) is 12.1 Å². The molecule has 1 heterocycles. The predicted octanol–water partition coefficient (Wildman–Crippen LogP) is -1.54. The van der Waals surface area contributed by atoms with Gasteiger partial charge in [-0.3, -0.25) is 0 Å². The smallest absolute Gasteiger partial charge is 0.351 e. The SMILES string of the molecule is Clc1[nH]c2ccccc2[nH+]1.[Cl-].[OH-]. The van der Waals surface area contributed by atoms with E-state index in [0.717, 1.165) is 11.0 Å². The molecule has 0 aliphatic carbocycles. The third kappa shape index (κ3) is 1.88. The first kappa shape index (κ1) is 11.2. The van der Waals surface area contributed by atoms with Crippen LogP contribution in [0.15, 0.2) is 24.3 Å². The molecule has 66 valence electrons. The maximum absolute atomic E-state index is 5.67. The molecule has 0 unspecified atom stereocenters. The second-order valence-electron chi connectivity index (χ2n) is 2.11. The number of nitrogens with one attached hydrogen (secondary N) is 2. The molecule has 1 aromatic heterocycles. The Morgan fingerprint density at radius 2 is 1.92 bits per heavy atom. The van der Waals surface area contributed by atoms with Crippen molar-refractivity contribution in [3.8, 4) is 0 Å². The minimum atomic E-state index is 0. The van der Waals surface area contributed by atoms with Gasteiger partial charge in [-0.15, -0.1) is 0 Å². The highest BCUT2D eigenvalue weighted by Crippen LogP contribution is 2.07. The minimum absolute atomic E-state index is 0. The number of H-pyrrole nitrogens is 2. The summed E-state index contributed by atoms with van der Waals surface area (Å²) in [7, 11) is 0. The summed E-state index contributed by atoms with van der Waals surface area (Å²) in [6.07, 6.45) is 0. The molecule has 0 spiro atoms. The van der Waals surface area contributed by atoms with Crippen LogP contribution < -0.4 is 17.4 Å². The summed E-state index contributed by atoms with van der Waals surface area (Å²) in [6, 6.07) is 7.86. The summed E-state index contributed by atoms with van der Waals surface area (Å²) in [5, 5.41) is 0.571. The van der Waals surface area contributed by atoms with Gasteiger partial charge in [0.1, 0.15) is 0 Å². The lowest BCUT2D eigenvalue weighted by Crippen LogP contribution is -3.00. The van der Waals surface area contributed by atoms with E-state index in [1.807, 2.05) is 24.3 Å². The van der Waals surface area contributed by atoms with Gasteiger partial charge in [-0.25, -0.2) is 9.97 Å². The molecule has 3 nitrogen and oxygen atoms in total. The Balaban J connectivity index is 0.000000605. The van der Waals surface area contributed by atoms with E-state index >= 15 is 0 Å². The van der Waals surface area contributed by atoms with Gasteiger partial charge < -0.3 is 17.9 Å². The van der Waals surface area contributed by atoms with E-state index in [1.54, 1.807) is 0 Å². The molecule has 2 aromatic rings. The first-order chi connectivity index (χ1) is 4.86. The highest BCUT2D eigenvalue weighted by molar-refractivity contribution is 6.27. The lowest BCUT2D eigenvalue weighted by molar-refractivity contribution is -0.341. The largest absolute Gasteiger partial charge is 1.00 e. The molecule has 0 fully saturated rings. The van der Waals surface area contributed by atoms with E-state index in [1.165, 1.54) is 0 Å². The quantitative estimate of drug-likeness (QED) is 0.558. The number of fused-ring (bicyclic) bond motifs is 1. The lowest BCUT2D eigenvalue weighted by Gasteiger charge is -1.75. The van der Waals surface area contributed by atoms with Gasteiger partial charge in [0.25, 0.3) is 0 Å². The maximum atomic E-state index is 5.67. The van der Waals surface area contributed by atoms with Crippen molar-refractivity contribution in [1.82, 2.24) is 4.98 Å². The molecule has 5 heteroatoms. The van der Waals surface area contributed by atoms with Crippen molar-refractivity contribution >= 4 is 22.6 Å². The van der Waals surface area contributed by atoms with Crippen molar-refractivity contribution in [2.24, 2.45) is 0 Å². The summed E-state index contributed by atoms with van der Waals surface area (Å²) in [6.45, 7) is 0. The highest BCUT2D eigenvalue weighted by atomic mass is 35.5. The molecular weight excluding hydrogens is 199 g/mol. The molecule has 0 aliphatic rings. The Labute approximate surface area is 80.5 Å². The van der Waals surface area contributed by atoms with Gasteiger partial charge in [0.05, 0.1) is 0 Å². The molecular formula is C7H7Cl2N2O-. The summed E-state index contributed by atoms with van der Waals surface area (Å²) in [5.74, 6) is 0. The Bertz CT molecular complexity index is 328. The van der Waals surface area contributed by atoms with Crippen LogP contribution in [-0.4, -0.2) is 10.5 Å². The fourth-order valence-electron chi connectivity index (χ4n) is 0.969. The molecule has 12 heavy (non-hydrogen) atoms. The van der Waals surface area contributed by atoms with Crippen molar-refractivity contribution in [3.05, 3.63) is 29.5 Å². The van der Waals surface area contributed by atoms with Crippen LogP contribution >= 0.6 is 11.6 Å². The fraction of sp³-hybridized carbons (Fsp3) is 0. The van der Waals surface area contributed by atoms with Crippen LogP contribution in [0.1, 0.15) is 0 Å². The standard InChI is InChI=1S/C7H5ClN2.ClH.H2O/c8-7-9-5-3-1-2-4-6(5)10-7;;/h1-4H,(H,9,10);1H;1H2/p-1. The number of hydrogen-bond acceptors (Lipinski definition) is 1. The van der Waals surface area contributed by atoms with Crippen molar-refractivity contribution in [3.63, 3.8) is 0 Å². The Kier molecular flexibility index (Phi) is 4.03. The average molecular weight is 206 g/mol. The number of hydrogen-bond donors (Lipinski definition) is 1. The van der Waals surface area contributed by atoms with Crippen LogP contribution in [0, 0.1) is 0 Å². The minimum Gasteiger partial charge on any atom is -1.00 e. The van der Waals surface area contributed by atoms with Crippen molar-refractivity contribution < 1.29 is 22.9 Å². The van der Waals surface area contributed by atoms with Crippen molar-refractivity contribution in [1.29, 1.82) is 0 Å². The summed E-state index contributed by atoms with van der Waals surface area (Å²) >= 11 is 5.67. The van der Waals surface area contributed by atoms with E-state index in [0.29, 0.717) is 5.28 Å². The number of rotatable bonds is 0. The normalized spacial score (nSPS) is 8.75. The number of imidazole rings is 1. The molecule has 0 saturated carbocycles. The Morgan fingerprint density at radius 1 is 1.25 bits per heavy atom. The Morgan fingerprint density at radius 3 is 2.58 bits per heavy atom. The van der Waals surface area contributed by atoms with Crippen LogP contribution in [0.2, 0.25) is 5.28 Å². The number of halogens is 2. The van der Waals surface area contributed by atoms with E-state index in [9.17, 15) is 0 Å². The van der Waals surface area contributed by atoms with Gasteiger partial charge in [-0.1, -0.05) is 12.1 Å². The fourth-order valence-corrected chi connectivity index (χ4v) is 1.17. The first-order valence-electron chi connectivity index (χ1n) is 3.02. The van der Waals surface area contributed by atoms with Gasteiger partial charge in [0.15, 0.2) is 11.0 Å². The zero-order chi connectivity index (χ0) is 6.97. The number of aromatic amines is 2. The first-order valence-corrected chi connectivity index (χ1v) is 3.39. The van der Waals surface area contributed by atoms with Crippen molar-refractivity contribution in [2.45, 2.75) is 0 Å². The lowest BCUT2D eigenvalue weighted by atomic mass is 10.3. The predicted molar refractivity (Wildman–Crippen MR) is 41.8 cm³/mol. The Hall–Kier alpha value is -0.770. The third-order valence-corrected chi connectivity index (χ3v) is 1.60. The summed E-state index contributed by atoms with van der Waals surface area (Å²) in [4.78, 5) is 5.94. The maximum Gasteiger partial charge on any atom is 0.351 e. The van der Waals surface area contributed by atoms with Gasteiger partial charge in [0.2, 0.25) is 0 Å². The van der Waals surface area contributed by atoms with E-state index in [4.69, 9.17) is 11.6 Å². The molecule has 0 amide bonds. The molecule has 0 saturated heterocycles. The molecule has 0 bridgehead atoms.